The van der Waals surface area contributed by atoms with Crippen LogP contribution < -0.4 is 37.9 Å². The molecule has 2 amide bonds. The fourth-order valence-corrected chi connectivity index (χ4v) is 12.2. The van der Waals surface area contributed by atoms with Gasteiger partial charge in [-0.15, -0.1) is 0 Å². The normalized spacial score (nSPS) is 15.9. The van der Waals surface area contributed by atoms with Gasteiger partial charge in [0.25, 0.3) is 11.8 Å². The Kier molecular flexibility index (Phi) is 17.1. The van der Waals surface area contributed by atoms with E-state index in [0.29, 0.717) is 102 Å². The Balaban J connectivity index is 1.20. The Labute approximate surface area is 474 Å². The molecule has 12 aliphatic rings. The van der Waals surface area contributed by atoms with Crippen LogP contribution in [0.5, 0.6) is 46.0 Å². The van der Waals surface area contributed by atoms with E-state index in [9.17, 15) is 19.8 Å². The third-order valence-corrected chi connectivity index (χ3v) is 16.6. The van der Waals surface area contributed by atoms with Crippen LogP contribution in [0, 0.1) is 0 Å². The molecule has 0 aromatic heterocycles. The first-order chi connectivity index (χ1) is 39.5. The zero-order chi connectivity index (χ0) is 56.9. The van der Waals surface area contributed by atoms with Crippen molar-refractivity contribution in [2.45, 2.75) is 69.9 Å². The van der Waals surface area contributed by atoms with Crippen LogP contribution in [0.25, 0.3) is 22.3 Å². The summed E-state index contributed by atoms with van der Waals surface area (Å²) in [4.78, 5) is 31.5. The van der Waals surface area contributed by atoms with Crippen molar-refractivity contribution in [1.82, 2.24) is 9.80 Å². The molecule has 2 atom stereocenters. The summed E-state index contributed by atoms with van der Waals surface area (Å²) in [5.41, 5.74) is 13.7. The van der Waals surface area contributed by atoms with E-state index in [0.717, 1.165) is 104 Å². The molecule has 0 saturated carbocycles. The number of hydrogen-bond acceptors (Lipinski definition) is 12. The number of aliphatic hydroxyl groups is 2. The number of ether oxygens (including phenoxy) is 8. The topological polar surface area (TPSA) is 155 Å². The van der Waals surface area contributed by atoms with Crippen molar-refractivity contribution < 1.29 is 57.7 Å². The predicted molar refractivity (Wildman–Crippen MR) is 312 cm³/mol. The first-order valence-corrected chi connectivity index (χ1v) is 27.6. The van der Waals surface area contributed by atoms with Crippen molar-refractivity contribution in [2.75, 3.05) is 83.2 Å². The number of amides is 2. The molecule has 7 aromatic rings. The molecule has 2 fully saturated rings. The summed E-state index contributed by atoms with van der Waals surface area (Å²) in [5, 5.41) is 20.2. The molecule has 81 heavy (non-hydrogen) atoms. The average Bonchev–Trinajstić information content (AvgIpc) is 4.21. The molecular weight excluding hydrogens is 1020 g/mol. The van der Waals surface area contributed by atoms with Crippen LogP contribution in [0.4, 0.5) is 0 Å². The first-order valence-electron chi connectivity index (χ1n) is 27.6. The molecule has 10 aliphatic carbocycles. The quantitative estimate of drug-likeness (QED) is 0.106. The molecule has 2 saturated heterocycles. The number of likely N-dealkylation sites (tertiary alicyclic amines) is 2. The molecule has 7 aromatic carbocycles. The Morgan fingerprint density at radius 3 is 0.827 bits per heavy atom. The van der Waals surface area contributed by atoms with E-state index in [2.05, 4.69) is 12.1 Å². The van der Waals surface area contributed by atoms with Gasteiger partial charge in [0.2, 0.25) is 0 Å². The SMILES string of the molecule is COc1cc2c(OC)cc1Cc1cc(OC)c(cc1OC)Cc1cc(OC)c(cc1OC)Cc1cc(-c3ccc(C(=O)N4CCC[C@H]4CO)cc3)c(cc1-c1ccc(C(=O)N3CCC[C@H]3CO)cc1)Cc1cc(OC)c(cc1OC)C2. The maximum absolute atomic E-state index is 14.0. The highest BCUT2D eigenvalue weighted by atomic mass is 16.5. The number of carbonyl (C=O) groups excluding carboxylic acids is 2. The summed E-state index contributed by atoms with van der Waals surface area (Å²) >= 11 is 0. The molecule has 10 bridgehead atoms. The van der Waals surface area contributed by atoms with Gasteiger partial charge in [-0.3, -0.25) is 9.59 Å². The van der Waals surface area contributed by atoms with Gasteiger partial charge >= 0.3 is 0 Å². The molecule has 0 spiro atoms. The molecular formula is C67H72N2O12. The van der Waals surface area contributed by atoms with Gasteiger partial charge in [-0.2, -0.15) is 0 Å². The van der Waals surface area contributed by atoms with Crippen LogP contribution >= 0.6 is 0 Å². The van der Waals surface area contributed by atoms with Crippen LogP contribution in [0.3, 0.4) is 0 Å². The van der Waals surface area contributed by atoms with E-state index in [1.807, 2.05) is 97.1 Å². The van der Waals surface area contributed by atoms with Crippen molar-refractivity contribution in [1.29, 1.82) is 0 Å². The summed E-state index contributed by atoms with van der Waals surface area (Å²) in [6, 6.07) is 35.7. The van der Waals surface area contributed by atoms with E-state index in [1.165, 1.54) is 0 Å². The van der Waals surface area contributed by atoms with Crippen LogP contribution in [-0.4, -0.2) is 127 Å². The number of benzene rings is 7. The van der Waals surface area contributed by atoms with E-state index < -0.39 is 0 Å². The maximum Gasteiger partial charge on any atom is 0.254 e. The fourth-order valence-electron chi connectivity index (χ4n) is 12.2. The second kappa shape index (κ2) is 24.7. The lowest BCUT2D eigenvalue weighted by Crippen LogP contribution is -2.37. The van der Waals surface area contributed by atoms with Crippen LogP contribution in [0.1, 0.15) is 102 Å². The summed E-state index contributed by atoms with van der Waals surface area (Å²) < 4.78 is 49.4. The molecule has 2 heterocycles. The lowest BCUT2D eigenvalue weighted by atomic mass is 9.85. The van der Waals surface area contributed by atoms with Crippen molar-refractivity contribution in [3.05, 3.63) is 176 Å². The van der Waals surface area contributed by atoms with E-state index in [4.69, 9.17) is 37.9 Å². The predicted octanol–water partition coefficient (Wildman–Crippen LogP) is 10.6. The minimum absolute atomic E-state index is 0.0770. The molecule has 2 aliphatic heterocycles. The zero-order valence-corrected chi connectivity index (χ0v) is 47.6. The molecule has 2 N–H and O–H groups in total. The zero-order valence-electron chi connectivity index (χ0n) is 47.6. The highest BCUT2D eigenvalue weighted by Gasteiger charge is 2.31. The molecule has 0 radical (unpaired) electrons. The molecule has 19 rings (SSSR count). The average molecular weight is 1100 g/mol. The van der Waals surface area contributed by atoms with Crippen LogP contribution in [0.2, 0.25) is 0 Å². The lowest BCUT2D eigenvalue weighted by molar-refractivity contribution is 0.0672. The number of nitrogens with zero attached hydrogens (tertiary/aromatic N) is 2. The van der Waals surface area contributed by atoms with E-state index in [-0.39, 0.29) is 37.1 Å². The minimum atomic E-state index is -0.208. The Morgan fingerprint density at radius 2 is 0.605 bits per heavy atom. The number of hydrogen-bond donors (Lipinski definition) is 2. The van der Waals surface area contributed by atoms with Crippen molar-refractivity contribution in [3.8, 4) is 68.2 Å². The smallest absolute Gasteiger partial charge is 0.254 e. The third kappa shape index (κ3) is 11.3. The van der Waals surface area contributed by atoms with Crippen molar-refractivity contribution in [2.24, 2.45) is 0 Å². The van der Waals surface area contributed by atoms with Gasteiger partial charge in [-0.05, 0) is 144 Å². The Hall–Kier alpha value is -8.20. The largest absolute Gasteiger partial charge is 0.496 e. The van der Waals surface area contributed by atoms with Gasteiger partial charge in [0.05, 0.1) is 82.2 Å². The number of carbonyl (C=O) groups is 2. The van der Waals surface area contributed by atoms with Crippen molar-refractivity contribution in [3.63, 3.8) is 0 Å². The number of methoxy groups -OCH3 is 8. The number of aliphatic hydroxyl groups excluding tert-OH is 2. The van der Waals surface area contributed by atoms with Gasteiger partial charge in [0.15, 0.2) is 0 Å². The summed E-state index contributed by atoms with van der Waals surface area (Å²) in [6.45, 7) is 1.04. The van der Waals surface area contributed by atoms with Gasteiger partial charge in [0, 0.05) is 101 Å². The third-order valence-electron chi connectivity index (χ3n) is 16.6. The molecule has 422 valence electrons. The van der Waals surface area contributed by atoms with Crippen LogP contribution in [-0.2, 0) is 32.1 Å². The minimum Gasteiger partial charge on any atom is -0.496 e. The van der Waals surface area contributed by atoms with Gasteiger partial charge < -0.3 is 57.9 Å². The summed E-state index contributed by atoms with van der Waals surface area (Å²) in [5.74, 6) is 5.14. The Bertz CT molecular complexity index is 3220. The summed E-state index contributed by atoms with van der Waals surface area (Å²) in [7, 11) is 13.4. The molecule has 14 heteroatoms. The maximum atomic E-state index is 14.0. The standard InChI is InChI=1S/C67H72N2O12/c1-74-58-32-48-25-50-34-64(80-7)52(36-62(50)78-5)27-53-37-63(79-6)51(35-65(53)81-8)26-49-33-59(75-2)47(31-61(49)77-4)24-45-29-56(40-13-17-42(18-14-40)66(72)68-21-9-11-54(68)38-70)44(23-46(58)30-60(48)76-3)28-57(45)41-15-19-43(20-16-41)67(73)69-22-10-12-55(69)39-71/h13-20,28-37,54-55,70-71H,9-12,21-27,38-39H2,1-8H3/t54-,55-/m0/s1. The lowest BCUT2D eigenvalue weighted by Gasteiger charge is -2.24. The molecule has 0 unspecified atom stereocenters. The van der Waals surface area contributed by atoms with Gasteiger partial charge in [-0.1, -0.05) is 24.3 Å². The van der Waals surface area contributed by atoms with E-state index in [1.54, 1.807) is 66.7 Å². The monoisotopic (exact) mass is 1100 g/mol. The number of rotatable bonds is 14. The highest BCUT2D eigenvalue weighted by molar-refractivity contribution is 5.96. The van der Waals surface area contributed by atoms with Crippen LogP contribution in [0.15, 0.2) is 109 Å². The van der Waals surface area contributed by atoms with Gasteiger partial charge in [-0.25, -0.2) is 0 Å². The van der Waals surface area contributed by atoms with Gasteiger partial charge in [0.1, 0.15) is 46.0 Å². The second-order valence-electron chi connectivity index (χ2n) is 21.1. The Morgan fingerprint density at radius 1 is 0.370 bits per heavy atom. The van der Waals surface area contributed by atoms with E-state index >= 15 is 0 Å². The summed E-state index contributed by atoms with van der Waals surface area (Å²) in [6.07, 6.45) is 5.36. The first kappa shape index (κ1) is 56.1. The second-order valence-corrected chi connectivity index (χ2v) is 21.1. The highest BCUT2D eigenvalue weighted by Crippen LogP contribution is 2.43. The fraction of sp³-hybridized carbons (Fsp3) is 0.343. The van der Waals surface area contributed by atoms with Crippen molar-refractivity contribution >= 4 is 11.8 Å². The molecule has 14 nitrogen and oxygen atoms in total.